The summed E-state index contributed by atoms with van der Waals surface area (Å²) in [7, 11) is 3.01. The molecule has 2 aromatic heterocycles. The van der Waals surface area contributed by atoms with Crippen LogP contribution in [-0.2, 0) is 0 Å². The molecule has 0 unspecified atom stereocenters. The van der Waals surface area contributed by atoms with E-state index < -0.39 is 29.2 Å². The maximum Gasteiger partial charge on any atom is 0.414 e. The van der Waals surface area contributed by atoms with Crippen LogP contribution in [0.1, 0.15) is 16.2 Å². The van der Waals surface area contributed by atoms with E-state index in [0.29, 0.717) is 0 Å². The molecule has 0 aliphatic heterocycles. The van der Waals surface area contributed by atoms with Crippen molar-refractivity contribution in [2.24, 2.45) is 4.99 Å². The Bertz CT molecular complexity index is 1110. The smallest absolute Gasteiger partial charge is 0.408 e. The minimum atomic E-state index is -0.906. The molecule has 3 aromatic rings. The first kappa shape index (κ1) is 20.6. The van der Waals surface area contributed by atoms with Crippen LogP contribution in [0.15, 0.2) is 53.8 Å². The molecule has 152 valence electrons. The molecule has 0 bridgehead atoms. The Morgan fingerprint density at radius 2 is 1.80 bits per heavy atom. The number of nitrogens with zero attached hydrogens (tertiary/aromatic N) is 5. The molecule has 2 heterocycles. The maximum atomic E-state index is 14.2. The fraction of sp³-hybridized carbons (Fsp3) is 0.100. The number of halogens is 2. The van der Waals surface area contributed by atoms with Gasteiger partial charge in [-0.3, -0.25) is 9.78 Å². The van der Waals surface area contributed by atoms with Crippen LogP contribution < -0.4 is 4.74 Å². The van der Waals surface area contributed by atoms with Gasteiger partial charge in [0.05, 0.1) is 18.0 Å². The third-order valence-electron chi connectivity index (χ3n) is 3.82. The van der Waals surface area contributed by atoms with E-state index in [1.165, 1.54) is 49.6 Å². The summed E-state index contributed by atoms with van der Waals surface area (Å²) in [6.45, 7) is 0. The van der Waals surface area contributed by atoms with Gasteiger partial charge in [0, 0.05) is 25.9 Å². The molecule has 0 fully saturated rings. The SMILES string of the molecule is CN(C)C(=O)Oc1cccnc1/C=N\C(=O)c1nnccc1-c1c(F)cccc1F. The van der Waals surface area contributed by atoms with Gasteiger partial charge in [-0.25, -0.2) is 18.6 Å². The summed E-state index contributed by atoms with van der Waals surface area (Å²) in [6, 6.07) is 7.62. The number of hydrogen-bond donors (Lipinski definition) is 0. The van der Waals surface area contributed by atoms with Gasteiger partial charge in [-0.2, -0.15) is 5.10 Å². The molecule has 10 heteroatoms. The predicted octanol–water partition coefficient (Wildman–Crippen LogP) is 3.14. The molecule has 2 amide bonds. The highest BCUT2D eigenvalue weighted by Gasteiger charge is 2.20. The second-order valence-corrected chi connectivity index (χ2v) is 6.10. The number of aliphatic imine (C=N–C) groups is 1. The van der Waals surface area contributed by atoms with E-state index in [2.05, 4.69) is 20.2 Å². The zero-order valence-corrected chi connectivity index (χ0v) is 15.9. The van der Waals surface area contributed by atoms with Crippen LogP contribution in [0.25, 0.3) is 11.1 Å². The van der Waals surface area contributed by atoms with Crippen molar-refractivity contribution >= 4 is 18.2 Å². The van der Waals surface area contributed by atoms with Gasteiger partial charge in [0.2, 0.25) is 0 Å². The molecular formula is C20H15F2N5O3. The van der Waals surface area contributed by atoms with Gasteiger partial charge in [-0.1, -0.05) is 6.07 Å². The van der Waals surface area contributed by atoms with Gasteiger partial charge < -0.3 is 9.64 Å². The predicted molar refractivity (Wildman–Crippen MR) is 103 cm³/mol. The van der Waals surface area contributed by atoms with Gasteiger partial charge in [-0.05, 0) is 30.3 Å². The van der Waals surface area contributed by atoms with E-state index in [-0.39, 0.29) is 22.7 Å². The summed E-state index contributed by atoms with van der Waals surface area (Å²) in [6.07, 6.45) is 3.05. The average molecular weight is 411 g/mol. The number of benzene rings is 1. The van der Waals surface area contributed by atoms with Crippen molar-refractivity contribution in [1.29, 1.82) is 0 Å². The van der Waals surface area contributed by atoms with Crippen molar-refractivity contribution in [2.75, 3.05) is 14.1 Å². The quantitative estimate of drug-likeness (QED) is 0.612. The Balaban J connectivity index is 1.94. The molecule has 0 saturated carbocycles. The van der Waals surface area contributed by atoms with Crippen molar-refractivity contribution < 1.29 is 23.1 Å². The summed E-state index contributed by atoms with van der Waals surface area (Å²) >= 11 is 0. The van der Waals surface area contributed by atoms with Crippen LogP contribution >= 0.6 is 0 Å². The summed E-state index contributed by atoms with van der Waals surface area (Å²) in [5.74, 6) is -2.55. The Kier molecular flexibility index (Phi) is 6.16. The number of hydrogen-bond acceptors (Lipinski definition) is 6. The van der Waals surface area contributed by atoms with Gasteiger partial charge in [0.15, 0.2) is 11.4 Å². The molecule has 1 aromatic carbocycles. The van der Waals surface area contributed by atoms with E-state index in [1.54, 1.807) is 6.07 Å². The van der Waals surface area contributed by atoms with Crippen LogP contribution in [0.3, 0.4) is 0 Å². The highest BCUT2D eigenvalue weighted by molar-refractivity contribution is 6.04. The summed E-state index contributed by atoms with van der Waals surface area (Å²) in [5, 5.41) is 7.29. The van der Waals surface area contributed by atoms with E-state index in [9.17, 15) is 18.4 Å². The van der Waals surface area contributed by atoms with Crippen molar-refractivity contribution in [3.05, 3.63) is 71.8 Å². The highest BCUT2D eigenvalue weighted by Crippen LogP contribution is 2.28. The molecule has 0 spiro atoms. The second-order valence-electron chi connectivity index (χ2n) is 6.10. The Morgan fingerprint density at radius 1 is 1.07 bits per heavy atom. The monoisotopic (exact) mass is 411 g/mol. The molecular weight excluding hydrogens is 396 g/mol. The fourth-order valence-corrected chi connectivity index (χ4v) is 2.40. The lowest BCUT2D eigenvalue weighted by Gasteiger charge is -2.11. The molecule has 3 rings (SSSR count). The molecule has 0 aliphatic rings. The standard InChI is InChI=1S/C20H15F2N5O3/c1-27(2)20(29)30-16-7-4-9-23-15(16)11-24-19(28)18-12(8-10-25-26-18)17-13(21)5-3-6-14(17)22/h3-11H,1-2H3/b24-11-. The van der Waals surface area contributed by atoms with Crippen LogP contribution in [0.5, 0.6) is 5.75 Å². The lowest BCUT2D eigenvalue weighted by molar-refractivity contribution is 0.0998. The van der Waals surface area contributed by atoms with Crippen molar-refractivity contribution in [3.63, 3.8) is 0 Å². The van der Waals surface area contributed by atoms with Crippen LogP contribution in [0.4, 0.5) is 13.6 Å². The number of carbonyl (C=O) groups is 2. The van der Waals surface area contributed by atoms with Crippen molar-refractivity contribution in [2.45, 2.75) is 0 Å². The molecule has 8 nitrogen and oxygen atoms in total. The summed E-state index contributed by atoms with van der Waals surface area (Å²) in [4.78, 5) is 33.3. The van der Waals surface area contributed by atoms with Crippen LogP contribution in [0, 0.1) is 11.6 Å². The van der Waals surface area contributed by atoms with Crippen LogP contribution in [-0.4, -0.2) is 52.4 Å². The zero-order chi connectivity index (χ0) is 21.7. The molecule has 30 heavy (non-hydrogen) atoms. The first-order valence-corrected chi connectivity index (χ1v) is 8.57. The summed E-state index contributed by atoms with van der Waals surface area (Å²) in [5.41, 5.74) is -0.753. The van der Waals surface area contributed by atoms with Crippen LogP contribution in [0.2, 0.25) is 0 Å². The minimum Gasteiger partial charge on any atom is -0.408 e. The van der Waals surface area contributed by atoms with Gasteiger partial charge in [0.1, 0.15) is 17.3 Å². The normalized spacial score (nSPS) is 10.8. The van der Waals surface area contributed by atoms with Gasteiger partial charge >= 0.3 is 6.09 Å². The third kappa shape index (κ3) is 4.49. The lowest BCUT2D eigenvalue weighted by atomic mass is 10.0. The second kappa shape index (κ2) is 8.95. The van der Waals surface area contributed by atoms with Gasteiger partial charge in [0.25, 0.3) is 5.91 Å². The topological polar surface area (TPSA) is 97.6 Å². The van der Waals surface area contributed by atoms with Crippen molar-refractivity contribution in [3.8, 4) is 16.9 Å². The largest absolute Gasteiger partial charge is 0.414 e. The summed E-state index contributed by atoms with van der Waals surface area (Å²) < 4.78 is 33.5. The Labute approximate surface area is 169 Å². The van der Waals surface area contributed by atoms with E-state index in [1.807, 2.05) is 0 Å². The number of carbonyl (C=O) groups excluding carboxylic acids is 2. The number of aromatic nitrogens is 3. The third-order valence-corrected chi connectivity index (χ3v) is 3.82. The number of ether oxygens (including phenoxy) is 1. The lowest BCUT2D eigenvalue weighted by Crippen LogP contribution is -2.25. The first-order valence-electron chi connectivity index (χ1n) is 8.57. The Morgan fingerprint density at radius 3 is 2.50 bits per heavy atom. The number of amides is 2. The first-order chi connectivity index (χ1) is 14.4. The van der Waals surface area contributed by atoms with Gasteiger partial charge in [-0.15, -0.1) is 5.10 Å². The zero-order valence-electron chi connectivity index (χ0n) is 15.9. The molecule has 0 saturated heterocycles. The van der Waals surface area contributed by atoms with E-state index in [0.717, 1.165) is 18.3 Å². The average Bonchev–Trinajstić information content (AvgIpc) is 2.73. The number of rotatable bonds is 4. The van der Waals surface area contributed by atoms with E-state index in [4.69, 9.17) is 4.74 Å². The fourth-order valence-electron chi connectivity index (χ4n) is 2.40. The molecule has 0 atom stereocenters. The van der Waals surface area contributed by atoms with Crippen molar-refractivity contribution in [1.82, 2.24) is 20.1 Å². The minimum absolute atomic E-state index is 0.0762. The van der Waals surface area contributed by atoms with E-state index >= 15 is 0 Å². The molecule has 0 radical (unpaired) electrons. The highest BCUT2D eigenvalue weighted by atomic mass is 19.1. The number of pyridine rings is 1. The molecule has 0 aliphatic carbocycles. The Hall–Kier alpha value is -4.08. The maximum absolute atomic E-state index is 14.2. The molecule has 0 N–H and O–H groups in total.